The molecule has 0 unspecified atom stereocenters. The van der Waals surface area contributed by atoms with Crippen molar-refractivity contribution >= 4 is 44.1 Å². The summed E-state index contributed by atoms with van der Waals surface area (Å²) in [4.78, 5) is 32.8. The van der Waals surface area contributed by atoms with E-state index in [4.69, 9.17) is 5.73 Å². The minimum atomic E-state index is -3.19. The summed E-state index contributed by atoms with van der Waals surface area (Å²) in [5.74, 6) is 0.265. The molecule has 8 nitrogen and oxygen atoms in total. The second-order valence-corrected chi connectivity index (χ2v) is 12.0. The Bertz CT molecular complexity index is 1600. The number of rotatable bonds is 9. The van der Waals surface area contributed by atoms with Gasteiger partial charge in [-0.15, -0.1) is 0 Å². The van der Waals surface area contributed by atoms with Crippen LogP contribution in [0.4, 0.5) is 5.69 Å². The van der Waals surface area contributed by atoms with Crippen LogP contribution in [0.2, 0.25) is 0 Å². The summed E-state index contributed by atoms with van der Waals surface area (Å²) in [5, 5.41) is 1.29. The lowest BCUT2D eigenvalue weighted by Crippen LogP contribution is -2.34. The number of nitrogens with two attached hydrogens (primary N) is 1. The van der Waals surface area contributed by atoms with Crippen LogP contribution in [0.15, 0.2) is 64.0 Å². The third-order valence-corrected chi connectivity index (χ3v) is 7.48. The Kier molecular flexibility index (Phi) is 8.16. The van der Waals surface area contributed by atoms with Gasteiger partial charge in [0.15, 0.2) is 0 Å². The molecule has 38 heavy (non-hydrogen) atoms. The number of hydrogen-bond acceptors (Lipinski definition) is 6. The molecule has 2 N–H and O–H groups in total. The Hall–Kier alpha value is -3.72. The topological polar surface area (TPSA) is 115 Å². The lowest BCUT2D eigenvalue weighted by atomic mass is 9.99. The van der Waals surface area contributed by atoms with Crippen molar-refractivity contribution in [3.63, 3.8) is 0 Å². The van der Waals surface area contributed by atoms with E-state index in [1.54, 1.807) is 6.20 Å². The van der Waals surface area contributed by atoms with E-state index in [-0.39, 0.29) is 30.2 Å². The molecule has 3 aromatic rings. The molecule has 0 fully saturated rings. The first-order chi connectivity index (χ1) is 18.1. The van der Waals surface area contributed by atoms with Crippen molar-refractivity contribution in [1.29, 1.82) is 0 Å². The van der Waals surface area contributed by atoms with Crippen molar-refractivity contribution in [3.8, 4) is 11.1 Å². The fraction of sp³-hybridized carbons (Fsp3) is 0.345. The normalized spacial score (nSPS) is 13.4. The van der Waals surface area contributed by atoms with E-state index in [9.17, 15) is 18.0 Å². The first-order valence-corrected chi connectivity index (χ1v) is 14.9. The number of carbonyl (C=O) groups is 1. The van der Waals surface area contributed by atoms with E-state index in [1.165, 1.54) is 4.57 Å². The zero-order chi connectivity index (χ0) is 27.4. The molecule has 200 valence electrons. The molecule has 0 spiro atoms. The zero-order valence-electron chi connectivity index (χ0n) is 22.1. The highest BCUT2D eigenvalue weighted by Crippen LogP contribution is 2.33. The van der Waals surface area contributed by atoms with Crippen LogP contribution in [0.1, 0.15) is 38.7 Å². The number of aromatic nitrogens is 1. The van der Waals surface area contributed by atoms with Crippen LogP contribution in [0, 0.1) is 0 Å². The van der Waals surface area contributed by atoms with Crippen molar-refractivity contribution in [2.75, 3.05) is 25.1 Å². The van der Waals surface area contributed by atoms with Gasteiger partial charge in [-0.05, 0) is 53.6 Å². The minimum Gasteiger partial charge on any atom is -0.387 e. The van der Waals surface area contributed by atoms with Gasteiger partial charge in [-0.25, -0.2) is 13.4 Å². The third kappa shape index (κ3) is 6.22. The van der Waals surface area contributed by atoms with Gasteiger partial charge in [0.2, 0.25) is 5.91 Å². The van der Waals surface area contributed by atoms with Crippen LogP contribution in [-0.2, 0) is 21.2 Å². The summed E-state index contributed by atoms with van der Waals surface area (Å²) in [5.41, 5.74) is 9.79. The molecule has 1 aliphatic heterocycles. The van der Waals surface area contributed by atoms with Crippen molar-refractivity contribution in [2.24, 2.45) is 10.7 Å². The van der Waals surface area contributed by atoms with Crippen LogP contribution in [0.25, 0.3) is 28.0 Å². The standard InChI is InChI=1S/C29H34N4O4S/c1-4-11-32(12-5-2)28(34)24-16-23-9-8-22(18-26(23)31-27(30)19-24)21-7-6-20-10-13-33(14-15-38(3,36)37)29(35)25(20)17-21/h6-10,13,16-18H,4-5,11-12,14-15,19H2,1-3H3,(H2,30,31). The summed E-state index contributed by atoms with van der Waals surface area (Å²) in [6.07, 6.45) is 6.72. The van der Waals surface area contributed by atoms with Gasteiger partial charge in [0.25, 0.3) is 5.56 Å². The predicted octanol–water partition coefficient (Wildman–Crippen LogP) is 4.14. The van der Waals surface area contributed by atoms with Crippen LogP contribution in [-0.4, -0.2) is 54.7 Å². The van der Waals surface area contributed by atoms with Crippen LogP contribution >= 0.6 is 0 Å². The molecule has 0 radical (unpaired) electrons. The van der Waals surface area contributed by atoms with Crippen LogP contribution in [0.3, 0.4) is 0 Å². The van der Waals surface area contributed by atoms with Gasteiger partial charge in [0.05, 0.1) is 11.4 Å². The number of fused-ring (bicyclic) bond motifs is 2. The molecule has 0 saturated carbocycles. The number of benzene rings is 2. The maximum atomic E-state index is 13.2. The maximum absolute atomic E-state index is 13.2. The lowest BCUT2D eigenvalue weighted by Gasteiger charge is -2.22. The van der Waals surface area contributed by atoms with Crippen molar-refractivity contribution in [3.05, 3.63) is 70.2 Å². The summed E-state index contributed by atoms with van der Waals surface area (Å²) in [7, 11) is -3.19. The molecule has 0 saturated heterocycles. The quantitative estimate of drug-likeness (QED) is 0.443. The predicted molar refractivity (Wildman–Crippen MR) is 154 cm³/mol. The zero-order valence-corrected chi connectivity index (χ0v) is 22.9. The minimum absolute atomic E-state index is 0.00884. The smallest absolute Gasteiger partial charge is 0.258 e. The highest BCUT2D eigenvalue weighted by molar-refractivity contribution is 7.90. The summed E-state index contributed by atoms with van der Waals surface area (Å²) < 4.78 is 24.6. The molecule has 2 aromatic carbocycles. The SMILES string of the molecule is CCCN(CCC)C(=O)C1=Cc2ccc(-c3ccc4ccn(CCS(C)(=O)=O)c(=O)c4c3)cc2N=C(N)C1. The highest BCUT2D eigenvalue weighted by atomic mass is 32.2. The second kappa shape index (κ2) is 11.3. The van der Waals surface area contributed by atoms with Crippen molar-refractivity contribution in [1.82, 2.24) is 9.47 Å². The van der Waals surface area contributed by atoms with Gasteiger partial charge in [-0.3, -0.25) is 9.59 Å². The number of amidine groups is 1. The molecular weight excluding hydrogens is 500 g/mol. The van der Waals surface area contributed by atoms with E-state index < -0.39 is 9.84 Å². The Morgan fingerprint density at radius 2 is 1.74 bits per heavy atom. The van der Waals surface area contributed by atoms with Gasteiger partial charge >= 0.3 is 0 Å². The number of aryl methyl sites for hydroxylation is 1. The van der Waals surface area contributed by atoms with E-state index in [0.29, 0.717) is 35.6 Å². The number of sulfone groups is 1. The number of amides is 1. The van der Waals surface area contributed by atoms with Crippen LogP contribution in [0.5, 0.6) is 0 Å². The number of aliphatic imine (C=N–C) groups is 1. The fourth-order valence-electron chi connectivity index (χ4n) is 4.66. The second-order valence-electron chi connectivity index (χ2n) is 9.76. The average Bonchev–Trinajstić information content (AvgIpc) is 3.04. The summed E-state index contributed by atoms with van der Waals surface area (Å²) >= 11 is 0. The molecule has 1 aliphatic rings. The molecule has 0 bridgehead atoms. The van der Waals surface area contributed by atoms with E-state index in [0.717, 1.165) is 41.2 Å². The Morgan fingerprint density at radius 1 is 1.05 bits per heavy atom. The van der Waals surface area contributed by atoms with Gasteiger partial charge in [0.1, 0.15) is 15.7 Å². The molecule has 1 aromatic heterocycles. The number of carbonyl (C=O) groups excluding carboxylic acids is 1. The molecule has 0 aliphatic carbocycles. The molecule has 9 heteroatoms. The first-order valence-electron chi connectivity index (χ1n) is 12.9. The molecule has 0 atom stereocenters. The summed E-state index contributed by atoms with van der Waals surface area (Å²) in [6.45, 7) is 5.62. The molecule has 4 rings (SSSR count). The monoisotopic (exact) mass is 534 g/mol. The highest BCUT2D eigenvalue weighted by Gasteiger charge is 2.21. The molecule has 1 amide bonds. The number of hydrogen-bond donors (Lipinski definition) is 1. The van der Waals surface area contributed by atoms with E-state index in [1.807, 2.05) is 53.4 Å². The van der Waals surface area contributed by atoms with Gasteiger partial charge in [-0.1, -0.05) is 38.1 Å². The largest absolute Gasteiger partial charge is 0.387 e. The van der Waals surface area contributed by atoms with Crippen molar-refractivity contribution in [2.45, 2.75) is 39.7 Å². The Balaban J connectivity index is 1.70. The molecule has 2 heterocycles. The Labute approximate surface area is 223 Å². The average molecular weight is 535 g/mol. The van der Waals surface area contributed by atoms with Gasteiger partial charge in [0, 0.05) is 55.0 Å². The van der Waals surface area contributed by atoms with Gasteiger partial charge in [-0.2, -0.15) is 0 Å². The Morgan fingerprint density at radius 3 is 2.42 bits per heavy atom. The first kappa shape index (κ1) is 27.3. The van der Waals surface area contributed by atoms with Crippen LogP contribution < -0.4 is 11.3 Å². The lowest BCUT2D eigenvalue weighted by molar-refractivity contribution is -0.127. The fourth-order valence-corrected chi connectivity index (χ4v) is 5.19. The molecular formula is C29H34N4O4S. The van der Waals surface area contributed by atoms with E-state index in [2.05, 4.69) is 18.8 Å². The number of pyridine rings is 1. The third-order valence-electron chi connectivity index (χ3n) is 6.56. The van der Waals surface area contributed by atoms with Crippen molar-refractivity contribution < 1.29 is 13.2 Å². The van der Waals surface area contributed by atoms with Gasteiger partial charge < -0.3 is 15.2 Å². The number of nitrogens with zero attached hydrogens (tertiary/aromatic N) is 3. The van der Waals surface area contributed by atoms with E-state index >= 15 is 0 Å². The maximum Gasteiger partial charge on any atom is 0.258 e. The summed E-state index contributed by atoms with van der Waals surface area (Å²) in [6, 6.07) is 13.2.